The molecule has 2 amide bonds. The SMILES string of the molecule is CCC(CO)NC(=O)c1ccc(NC(=O)c2cccc(F)c2)cc1. The van der Waals surface area contributed by atoms with Crippen LogP contribution in [0.1, 0.15) is 34.1 Å². The average molecular weight is 330 g/mol. The van der Waals surface area contributed by atoms with Gasteiger partial charge < -0.3 is 15.7 Å². The highest BCUT2D eigenvalue weighted by atomic mass is 19.1. The largest absolute Gasteiger partial charge is 0.394 e. The predicted molar refractivity (Wildman–Crippen MR) is 89.4 cm³/mol. The van der Waals surface area contributed by atoms with Crippen LogP contribution in [0, 0.1) is 5.82 Å². The van der Waals surface area contributed by atoms with Gasteiger partial charge in [-0.3, -0.25) is 9.59 Å². The molecule has 0 radical (unpaired) electrons. The minimum absolute atomic E-state index is 0.121. The molecule has 24 heavy (non-hydrogen) atoms. The quantitative estimate of drug-likeness (QED) is 0.762. The van der Waals surface area contributed by atoms with E-state index in [0.717, 1.165) is 6.07 Å². The Morgan fingerprint density at radius 2 is 1.79 bits per heavy atom. The summed E-state index contributed by atoms with van der Waals surface area (Å²) in [6, 6.07) is 11.4. The number of aliphatic hydroxyl groups is 1. The maximum atomic E-state index is 13.1. The van der Waals surface area contributed by atoms with Gasteiger partial charge in [-0.1, -0.05) is 13.0 Å². The molecule has 126 valence electrons. The standard InChI is InChI=1S/C18H19FN2O3/c1-2-15(11-22)20-17(23)12-6-8-16(9-7-12)21-18(24)13-4-3-5-14(19)10-13/h3-10,15,22H,2,11H2,1H3,(H,20,23)(H,21,24). The van der Waals surface area contributed by atoms with Gasteiger partial charge in [0.05, 0.1) is 12.6 Å². The highest BCUT2D eigenvalue weighted by molar-refractivity contribution is 6.04. The molecule has 0 aliphatic carbocycles. The maximum Gasteiger partial charge on any atom is 0.255 e. The molecule has 2 rings (SSSR count). The van der Waals surface area contributed by atoms with Crippen LogP contribution in [-0.4, -0.2) is 29.6 Å². The second kappa shape index (κ2) is 8.21. The van der Waals surface area contributed by atoms with E-state index in [2.05, 4.69) is 10.6 Å². The Hall–Kier alpha value is -2.73. The van der Waals surface area contributed by atoms with Crippen LogP contribution in [0.3, 0.4) is 0 Å². The van der Waals surface area contributed by atoms with Crippen molar-refractivity contribution in [2.45, 2.75) is 19.4 Å². The summed E-state index contributed by atoms with van der Waals surface area (Å²) in [6.45, 7) is 1.75. The zero-order chi connectivity index (χ0) is 17.5. The first-order valence-electron chi connectivity index (χ1n) is 7.62. The molecule has 5 nitrogen and oxygen atoms in total. The van der Waals surface area contributed by atoms with Gasteiger partial charge in [0, 0.05) is 16.8 Å². The Morgan fingerprint density at radius 1 is 1.08 bits per heavy atom. The van der Waals surface area contributed by atoms with E-state index in [-0.39, 0.29) is 24.1 Å². The van der Waals surface area contributed by atoms with E-state index in [1.54, 1.807) is 24.3 Å². The lowest BCUT2D eigenvalue weighted by atomic mass is 10.1. The van der Waals surface area contributed by atoms with Crippen molar-refractivity contribution in [2.75, 3.05) is 11.9 Å². The molecule has 0 saturated carbocycles. The van der Waals surface area contributed by atoms with E-state index in [0.29, 0.717) is 17.7 Å². The maximum absolute atomic E-state index is 13.1. The molecule has 0 aliphatic heterocycles. The number of aliphatic hydroxyl groups excluding tert-OH is 1. The van der Waals surface area contributed by atoms with Gasteiger partial charge in [-0.25, -0.2) is 4.39 Å². The van der Waals surface area contributed by atoms with Crippen LogP contribution in [0.25, 0.3) is 0 Å². The number of carbonyl (C=O) groups excluding carboxylic acids is 2. The fraction of sp³-hybridized carbons (Fsp3) is 0.222. The van der Waals surface area contributed by atoms with Gasteiger partial charge in [0.1, 0.15) is 5.82 Å². The van der Waals surface area contributed by atoms with Crippen molar-refractivity contribution in [3.05, 3.63) is 65.5 Å². The molecule has 2 aromatic rings. The second-order valence-corrected chi connectivity index (χ2v) is 5.30. The number of benzene rings is 2. The smallest absolute Gasteiger partial charge is 0.255 e. The van der Waals surface area contributed by atoms with Crippen molar-refractivity contribution >= 4 is 17.5 Å². The van der Waals surface area contributed by atoms with Crippen LogP contribution >= 0.6 is 0 Å². The van der Waals surface area contributed by atoms with Gasteiger partial charge in [-0.15, -0.1) is 0 Å². The molecule has 0 aliphatic rings. The van der Waals surface area contributed by atoms with Gasteiger partial charge in [-0.05, 0) is 48.9 Å². The van der Waals surface area contributed by atoms with E-state index in [1.165, 1.54) is 18.2 Å². The molecule has 0 saturated heterocycles. The Labute approximate surface area is 139 Å². The molecule has 2 aromatic carbocycles. The fourth-order valence-electron chi connectivity index (χ4n) is 2.08. The van der Waals surface area contributed by atoms with E-state index in [4.69, 9.17) is 5.11 Å². The number of amides is 2. The van der Waals surface area contributed by atoms with Crippen molar-refractivity contribution in [3.63, 3.8) is 0 Å². The number of halogens is 1. The van der Waals surface area contributed by atoms with Gasteiger partial charge in [0.15, 0.2) is 0 Å². The topological polar surface area (TPSA) is 78.4 Å². The Bertz CT molecular complexity index is 712. The van der Waals surface area contributed by atoms with Crippen LogP contribution < -0.4 is 10.6 Å². The third kappa shape index (κ3) is 4.63. The average Bonchev–Trinajstić information content (AvgIpc) is 2.60. The molecular weight excluding hydrogens is 311 g/mol. The van der Waals surface area contributed by atoms with Gasteiger partial charge >= 0.3 is 0 Å². The van der Waals surface area contributed by atoms with E-state index in [9.17, 15) is 14.0 Å². The van der Waals surface area contributed by atoms with Crippen LogP contribution in [-0.2, 0) is 0 Å². The summed E-state index contributed by atoms with van der Waals surface area (Å²) in [6.07, 6.45) is 0.629. The predicted octanol–water partition coefficient (Wildman–Crippen LogP) is 2.58. The van der Waals surface area contributed by atoms with Crippen molar-refractivity contribution in [1.29, 1.82) is 0 Å². The molecule has 0 heterocycles. The number of carbonyl (C=O) groups is 2. The molecular formula is C18H19FN2O3. The monoisotopic (exact) mass is 330 g/mol. The van der Waals surface area contributed by atoms with Crippen molar-refractivity contribution in [3.8, 4) is 0 Å². The summed E-state index contributed by atoms with van der Waals surface area (Å²) in [7, 11) is 0. The van der Waals surface area contributed by atoms with Gasteiger partial charge in [0.25, 0.3) is 11.8 Å². The molecule has 6 heteroatoms. The summed E-state index contributed by atoms with van der Waals surface area (Å²) in [5.41, 5.74) is 1.13. The number of anilines is 1. The highest BCUT2D eigenvalue weighted by Gasteiger charge is 2.12. The van der Waals surface area contributed by atoms with Gasteiger partial charge in [-0.2, -0.15) is 0 Å². The molecule has 0 aromatic heterocycles. The summed E-state index contributed by atoms with van der Waals surface area (Å²) < 4.78 is 13.1. The highest BCUT2D eigenvalue weighted by Crippen LogP contribution is 2.12. The lowest BCUT2D eigenvalue weighted by Crippen LogP contribution is -2.36. The molecule has 0 bridgehead atoms. The van der Waals surface area contributed by atoms with Crippen molar-refractivity contribution in [1.82, 2.24) is 5.32 Å². The lowest BCUT2D eigenvalue weighted by molar-refractivity contribution is 0.0914. The van der Waals surface area contributed by atoms with E-state index >= 15 is 0 Å². The summed E-state index contributed by atoms with van der Waals surface area (Å²) in [4.78, 5) is 24.0. The number of hydrogen-bond donors (Lipinski definition) is 3. The Balaban J connectivity index is 2.01. The molecule has 3 N–H and O–H groups in total. The molecule has 0 fully saturated rings. The fourth-order valence-corrected chi connectivity index (χ4v) is 2.08. The first-order chi connectivity index (χ1) is 11.5. The summed E-state index contributed by atoms with van der Waals surface area (Å²) in [5.74, 6) is -1.21. The minimum Gasteiger partial charge on any atom is -0.394 e. The first kappa shape index (κ1) is 17.6. The van der Waals surface area contributed by atoms with Crippen molar-refractivity contribution < 1.29 is 19.1 Å². The van der Waals surface area contributed by atoms with E-state index in [1.807, 2.05) is 6.92 Å². The van der Waals surface area contributed by atoms with Crippen molar-refractivity contribution in [2.24, 2.45) is 0 Å². The number of rotatable bonds is 6. The lowest BCUT2D eigenvalue weighted by Gasteiger charge is -2.14. The number of nitrogens with one attached hydrogen (secondary N) is 2. The van der Waals surface area contributed by atoms with Gasteiger partial charge in [0.2, 0.25) is 0 Å². The number of hydrogen-bond acceptors (Lipinski definition) is 3. The third-order valence-corrected chi connectivity index (χ3v) is 3.54. The Morgan fingerprint density at radius 3 is 2.38 bits per heavy atom. The zero-order valence-corrected chi connectivity index (χ0v) is 13.3. The van der Waals surface area contributed by atoms with Crippen LogP contribution in [0.2, 0.25) is 0 Å². The molecule has 1 atom stereocenters. The summed E-state index contributed by atoms with van der Waals surface area (Å²) in [5, 5.41) is 14.4. The van der Waals surface area contributed by atoms with Crippen LogP contribution in [0.5, 0.6) is 0 Å². The first-order valence-corrected chi connectivity index (χ1v) is 7.62. The van der Waals surface area contributed by atoms with Crippen LogP contribution in [0.15, 0.2) is 48.5 Å². The molecule has 0 spiro atoms. The summed E-state index contributed by atoms with van der Waals surface area (Å²) >= 11 is 0. The Kier molecular flexibility index (Phi) is 6.03. The normalized spacial score (nSPS) is 11.6. The molecule has 1 unspecified atom stereocenters. The second-order valence-electron chi connectivity index (χ2n) is 5.30. The minimum atomic E-state index is -0.482. The van der Waals surface area contributed by atoms with E-state index < -0.39 is 11.7 Å². The third-order valence-electron chi connectivity index (χ3n) is 3.54. The zero-order valence-electron chi connectivity index (χ0n) is 13.3. The van der Waals surface area contributed by atoms with Crippen LogP contribution in [0.4, 0.5) is 10.1 Å².